The first-order valence-corrected chi connectivity index (χ1v) is 5.62. The van der Waals surface area contributed by atoms with Gasteiger partial charge in [-0.15, -0.1) is 0 Å². The van der Waals surface area contributed by atoms with Gasteiger partial charge in [0.25, 0.3) is 0 Å². The van der Waals surface area contributed by atoms with Crippen molar-refractivity contribution in [2.24, 2.45) is 0 Å². The third-order valence-electron chi connectivity index (χ3n) is 3.32. The summed E-state index contributed by atoms with van der Waals surface area (Å²) < 4.78 is 39.0. The van der Waals surface area contributed by atoms with Crippen molar-refractivity contribution in [3.8, 4) is 11.5 Å². The molecule has 98 valence electrons. The number of phenolic OH excluding ortho intramolecular Hbond substituents is 2. The summed E-state index contributed by atoms with van der Waals surface area (Å²) >= 11 is 0. The van der Waals surface area contributed by atoms with Crippen LogP contribution in [0, 0.1) is 0 Å². The zero-order valence-corrected chi connectivity index (χ0v) is 9.57. The van der Waals surface area contributed by atoms with E-state index in [1.165, 1.54) is 24.3 Å². The fourth-order valence-corrected chi connectivity index (χ4v) is 2.53. The van der Waals surface area contributed by atoms with Crippen molar-refractivity contribution in [2.45, 2.75) is 12.1 Å². The summed E-state index contributed by atoms with van der Waals surface area (Å²) in [4.78, 5) is 0. The second kappa shape index (κ2) is 3.66. The van der Waals surface area contributed by atoms with Crippen molar-refractivity contribution >= 4 is 16.8 Å². The number of hydrogen-bond acceptors (Lipinski definition) is 2. The van der Waals surface area contributed by atoms with Crippen molar-refractivity contribution in [1.82, 2.24) is 0 Å². The number of fused-ring (bicyclic) bond motifs is 3. The number of hydrogen-bond donors (Lipinski definition) is 2. The molecule has 2 N–H and O–H groups in total. The lowest BCUT2D eigenvalue weighted by molar-refractivity contribution is -0.138. The van der Waals surface area contributed by atoms with Crippen molar-refractivity contribution in [3.05, 3.63) is 41.5 Å². The molecule has 0 heterocycles. The van der Waals surface area contributed by atoms with E-state index in [1.54, 1.807) is 6.07 Å². The molecule has 1 aliphatic rings. The van der Waals surface area contributed by atoms with Crippen LogP contribution in [-0.2, 0) is 0 Å². The van der Waals surface area contributed by atoms with Gasteiger partial charge in [0.05, 0.1) is 5.92 Å². The maximum Gasteiger partial charge on any atom is 0.399 e. The third kappa shape index (κ3) is 1.65. The van der Waals surface area contributed by atoms with E-state index in [0.717, 1.165) is 6.08 Å². The van der Waals surface area contributed by atoms with Crippen LogP contribution in [0.1, 0.15) is 17.0 Å². The molecule has 0 spiro atoms. The molecule has 2 aromatic carbocycles. The Bertz CT molecular complexity index is 702. The average Bonchev–Trinajstić information content (AvgIpc) is 2.73. The van der Waals surface area contributed by atoms with E-state index in [4.69, 9.17) is 0 Å². The van der Waals surface area contributed by atoms with E-state index >= 15 is 0 Å². The van der Waals surface area contributed by atoms with Gasteiger partial charge >= 0.3 is 6.18 Å². The molecule has 2 aromatic rings. The molecule has 3 rings (SSSR count). The monoisotopic (exact) mass is 266 g/mol. The molecular weight excluding hydrogens is 257 g/mol. The highest BCUT2D eigenvalue weighted by Gasteiger charge is 2.43. The summed E-state index contributed by atoms with van der Waals surface area (Å²) in [6, 6.07) is 5.78. The van der Waals surface area contributed by atoms with Crippen molar-refractivity contribution in [2.75, 3.05) is 0 Å². The van der Waals surface area contributed by atoms with E-state index in [2.05, 4.69) is 0 Å². The highest BCUT2D eigenvalue weighted by atomic mass is 19.4. The molecule has 19 heavy (non-hydrogen) atoms. The second-order valence-electron chi connectivity index (χ2n) is 4.48. The summed E-state index contributed by atoms with van der Waals surface area (Å²) in [5.74, 6) is -2.23. The minimum Gasteiger partial charge on any atom is -0.507 e. The SMILES string of the molecule is Oc1cc2cccc(O)c2c2c1C=CC2C(F)(F)F. The number of benzene rings is 2. The second-order valence-corrected chi connectivity index (χ2v) is 4.48. The molecule has 5 heteroatoms. The maximum atomic E-state index is 13.0. The van der Waals surface area contributed by atoms with Crippen LogP contribution in [0.5, 0.6) is 11.5 Å². The zero-order valence-electron chi connectivity index (χ0n) is 9.57. The Hall–Kier alpha value is -2.17. The highest BCUT2D eigenvalue weighted by Crippen LogP contribution is 2.49. The van der Waals surface area contributed by atoms with E-state index in [1.807, 2.05) is 0 Å². The lowest BCUT2D eigenvalue weighted by atomic mass is 9.92. The summed E-state index contributed by atoms with van der Waals surface area (Å²) in [5.41, 5.74) is 0.0388. The van der Waals surface area contributed by atoms with Gasteiger partial charge in [-0.25, -0.2) is 0 Å². The molecule has 0 radical (unpaired) electrons. The van der Waals surface area contributed by atoms with Crippen LogP contribution >= 0.6 is 0 Å². The number of rotatable bonds is 0. The van der Waals surface area contributed by atoms with Crippen LogP contribution in [0.15, 0.2) is 30.3 Å². The minimum absolute atomic E-state index is 0.0828. The van der Waals surface area contributed by atoms with Crippen LogP contribution < -0.4 is 0 Å². The predicted octanol–water partition coefficient (Wildman–Crippen LogP) is 3.92. The van der Waals surface area contributed by atoms with Crippen molar-refractivity contribution in [1.29, 1.82) is 0 Å². The zero-order chi connectivity index (χ0) is 13.8. The highest BCUT2D eigenvalue weighted by molar-refractivity contribution is 5.97. The Balaban J connectivity index is 2.42. The van der Waals surface area contributed by atoms with Gasteiger partial charge in [-0.2, -0.15) is 13.2 Å². The van der Waals surface area contributed by atoms with E-state index in [-0.39, 0.29) is 28.0 Å². The molecule has 1 aliphatic carbocycles. The summed E-state index contributed by atoms with van der Waals surface area (Å²) in [7, 11) is 0. The largest absolute Gasteiger partial charge is 0.507 e. The quantitative estimate of drug-likeness (QED) is 0.758. The van der Waals surface area contributed by atoms with Crippen molar-refractivity contribution in [3.63, 3.8) is 0 Å². The van der Waals surface area contributed by atoms with Crippen LogP contribution in [0.4, 0.5) is 13.2 Å². The maximum absolute atomic E-state index is 13.0. The molecule has 0 aromatic heterocycles. The number of allylic oxidation sites excluding steroid dienone is 1. The number of aromatic hydroxyl groups is 2. The van der Waals surface area contributed by atoms with Crippen LogP contribution in [0.25, 0.3) is 16.8 Å². The molecule has 0 fully saturated rings. The average molecular weight is 266 g/mol. The van der Waals surface area contributed by atoms with Crippen LogP contribution in [0.3, 0.4) is 0 Å². The van der Waals surface area contributed by atoms with Gasteiger partial charge in [-0.05, 0) is 23.1 Å². The van der Waals surface area contributed by atoms with Crippen LogP contribution in [-0.4, -0.2) is 16.4 Å². The summed E-state index contributed by atoms with van der Waals surface area (Å²) in [6.45, 7) is 0. The van der Waals surface area contributed by atoms with Gasteiger partial charge in [0.1, 0.15) is 11.5 Å². The number of halogens is 3. The molecule has 0 aliphatic heterocycles. The first-order valence-electron chi connectivity index (χ1n) is 5.62. The summed E-state index contributed by atoms with van der Waals surface area (Å²) in [5, 5.41) is 20.2. The van der Waals surface area contributed by atoms with Crippen LogP contribution in [0.2, 0.25) is 0 Å². The van der Waals surface area contributed by atoms with Gasteiger partial charge in [0.15, 0.2) is 0 Å². The van der Waals surface area contributed by atoms with E-state index < -0.39 is 12.1 Å². The Morgan fingerprint density at radius 1 is 1.05 bits per heavy atom. The standard InChI is InChI=1S/C14H9F3O2/c15-14(16,17)9-5-4-8-11(19)6-7-2-1-3-10(18)12(7)13(8)9/h1-6,9,18-19H. The van der Waals surface area contributed by atoms with Gasteiger partial charge in [0, 0.05) is 10.9 Å². The fraction of sp³-hybridized carbons (Fsp3) is 0.143. The number of alkyl halides is 3. The molecule has 1 unspecified atom stereocenters. The Kier molecular flexibility index (Phi) is 2.29. The molecular formula is C14H9F3O2. The third-order valence-corrected chi connectivity index (χ3v) is 3.32. The van der Waals surface area contributed by atoms with E-state index in [9.17, 15) is 23.4 Å². The Morgan fingerprint density at radius 2 is 1.79 bits per heavy atom. The molecule has 0 saturated carbocycles. The molecule has 2 nitrogen and oxygen atoms in total. The first-order chi connectivity index (χ1) is 8.89. The first kappa shape index (κ1) is 11.9. The lowest BCUT2D eigenvalue weighted by Gasteiger charge is -2.18. The molecule has 1 atom stereocenters. The molecule has 0 saturated heterocycles. The molecule has 0 amide bonds. The van der Waals surface area contributed by atoms with Gasteiger partial charge in [-0.3, -0.25) is 0 Å². The Morgan fingerprint density at radius 3 is 2.47 bits per heavy atom. The fourth-order valence-electron chi connectivity index (χ4n) is 2.53. The lowest BCUT2D eigenvalue weighted by Crippen LogP contribution is -2.17. The Labute approximate surface area is 106 Å². The normalized spacial score (nSPS) is 17.9. The molecule has 0 bridgehead atoms. The van der Waals surface area contributed by atoms with Gasteiger partial charge < -0.3 is 10.2 Å². The minimum atomic E-state index is -4.45. The number of phenols is 2. The summed E-state index contributed by atoms with van der Waals surface area (Å²) in [6.07, 6.45) is -2.21. The predicted molar refractivity (Wildman–Crippen MR) is 65.1 cm³/mol. The van der Waals surface area contributed by atoms with Gasteiger partial charge in [0.2, 0.25) is 0 Å². The van der Waals surface area contributed by atoms with Crippen molar-refractivity contribution < 1.29 is 23.4 Å². The topological polar surface area (TPSA) is 40.5 Å². The van der Waals surface area contributed by atoms with E-state index in [0.29, 0.717) is 5.39 Å². The smallest absolute Gasteiger partial charge is 0.399 e. The van der Waals surface area contributed by atoms with Gasteiger partial charge in [-0.1, -0.05) is 24.3 Å².